The van der Waals surface area contributed by atoms with Gasteiger partial charge in [-0.05, 0) is 43.3 Å². The molecule has 0 saturated carbocycles. The highest BCUT2D eigenvalue weighted by Gasteiger charge is 2.20. The molecule has 0 aliphatic rings. The maximum absolute atomic E-state index is 13.0. The molecule has 0 unspecified atom stereocenters. The Morgan fingerprint density at radius 2 is 1.83 bits per heavy atom. The van der Waals surface area contributed by atoms with Crippen molar-refractivity contribution in [3.05, 3.63) is 59.7 Å². The summed E-state index contributed by atoms with van der Waals surface area (Å²) in [6, 6.07) is 8.50. The number of hydrogen-bond donors (Lipinski definition) is 2. The van der Waals surface area contributed by atoms with Gasteiger partial charge in [-0.1, -0.05) is 6.07 Å². The maximum Gasteiger partial charge on any atom is 0.341 e. The van der Waals surface area contributed by atoms with Crippen LogP contribution in [0.2, 0.25) is 0 Å². The van der Waals surface area contributed by atoms with E-state index in [0.717, 1.165) is 18.2 Å². The molecule has 1 atom stereocenters. The van der Waals surface area contributed by atoms with Crippen LogP contribution in [0.3, 0.4) is 0 Å². The first kappa shape index (κ1) is 16.4. The van der Waals surface area contributed by atoms with Gasteiger partial charge >= 0.3 is 5.97 Å². The lowest BCUT2D eigenvalue weighted by Gasteiger charge is -2.14. The fourth-order valence-corrected chi connectivity index (χ4v) is 1.81. The van der Waals surface area contributed by atoms with E-state index >= 15 is 0 Å². The van der Waals surface area contributed by atoms with Gasteiger partial charge in [0.05, 0.1) is 5.56 Å². The molecule has 120 valence electrons. The minimum atomic E-state index is -1.14. The van der Waals surface area contributed by atoms with Crippen LogP contribution in [-0.2, 0) is 9.53 Å². The number of halogens is 2. The lowest BCUT2D eigenvalue weighted by atomic mass is 10.2. The number of carbonyl (C=O) groups excluding carboxylic acids is 2. The Kier molecular flexibility index (Phi) is 4.90. The SMILES string of the molecule is C[C@H](OC(=O)c1ccc(F)cc1N)C(=O)Nc1cccc(F)c1. The van der Waals surface area contributed by atoms with Crippen LogP contribution in [0.1, 0.15) is 17.3 Å². The number of carbonyl (C=O) groups is 2. The molecule has 1 amide bonds. The average Bonchev–Trinajstić information content (AvgIpc) is 2.46. The first-order valence-electron chi connectivity index (χ1n) is 6.69. The standard InChI is InChI=1S/C16H14F2N2O3/c1-9(15(21)20-12-4-2-3-10(17)7-12)23-16(22)13-6-5-11(18)8-14(13)19/h2-9H,19H2,1H3,(H,20,21)/t9-/m0/s1. The van der Waals surface area contributed by atoms with Gasteiger partial charge in [-0.2, -0.15) is 0 Å². The molecule has 3 N–H and O–H groups in total. The minimum absolute atomic E-state index is 0.0446. The Bertz CT molecular complexity index is 750. The van der Waals surface area contributed by atoms with Crippen LogP contribution < -0.4 is 11.1 Å². The molecule has 2 rings (SSSR count). The average molecular weight is 320 g/mol. The number of nitrogens with one attached hydrogen (secondary N) is 1. The summed E-state index contributed by atoms with van der Waals surface area (Å²) >= 11 is 0. The molecule has 0 spiro atoms. The zero-order chi connectivity index (χ0) is 17.0. The molecule has 5 nitrogen and oxygen atoms in total. The minimum Gasteiger partial charge on any atom is -0.449 e. The van der Waals surface area contributed by atoms with E-state index in [-0.39, 0.29) is 16.9 Å². The summed E-state index contributed by atoms with van der Waals surface area (Å²) in [7, 11) is 0. The topological polar surface area (TPSA) is 81.4 Å². The Balaban J connectivity index is 2.01. The Morgan fingerprint density at radius 3 is 2.48 bits per heavy atom. The van der Waals surface area contributed by atoms with Gasteiger partial charge in [-0.15, -0.1) is 0 Å². The number of ether oxygens (including phenoxy) is 1. The third kappa shape index (κ3) is 4.26. The quantitative estimate of drug-likeness (QED) is 0.670. The number of rotatable bonds is 4. The third-order valence-electron chi connectivity index (χ3n) is 2.98. The van der Waals surface area contributed by atoms with Crippen molar-refractivity contribution in [3.8, 4) is 0 Å². The summed E-state index contributed by atoms with van der Waals surface area (Å²) in [5, 5.41) is 2.42. The normalized spacial score (nSPS) is 11.6. The first-order chi connectivity index (χ1) is 10.9. The van der Waals surface area contributed by atoms with E-state index in [1.807, 2.05) is 0 Å². The molecule has 0 bridgehead atoms. The molecule has 0 radical (unpaired) electrons. The van der Waals surface area contributed by atoms with Gasteiger partial charge in [0.1, 0.15) is 11.6 Å². The van der Waals surface area contributed by atoms with Crippen molar-refractivity contribution < 1.29 is 23.1 Å². The second kappa shape index (κ2) is 6.87. The molecule has 0 fully saturated rings. The predicted molar refractivity (Wildman–Crippen MR) is 80.7 cm³/mol. The smallest absolute Gasteiger partial charge is 0.341 e. The number of nitrogens with two attached hydrogens (primary N) is 1. The summed E-state index contributed by atoms with van der Waals surface area (Å²) in [5.74, 6) is -2.59. The van der Waals surface area contributed by atoms with Gasteiger partial charge in [0, 0.05) is 11.4 Å². The summed E-state index contributed by atoms with van der Waals surface area (Å²) < 4.78 is 31.0. The summed E-state index contributed by atoms with van der Waals surface area (Å²) in [6.07, 6.45) is -1.14. The molecule has 0 saturated heterocycles. The van der Waals surface area contributed by atoms with Crippen molar-refractivity contribution in [1.29, 1.82) is 0 Å². The molecule has 0 aromatic heterocycles. The van der Waals surface area contributed by atoms with Gasteiger partial charge < -0.3 is 15.8 Å². The summed E-state index contributed by atoms with van der Waals surface area (Å²) in [5.41, 5.74) is 5.63. The van der Waals surface area contributed by atoms with Crippen LogP contribution in [0.25, 0.3) is 0 Å². The Morgan fingerprint density at radius 1 is 1.13 bits per heavy atom. The van der Waals surface area contributed by atoms with Gasteiger partial charge in [0.25, 0.3) is 5.91 Å². The highest BCUT2D eigenvalue weighted by atomic mass is 19.1. The molecule has 23 heavy (non-hydrogen) atoms. The van der Waals surface area contributed by atoms with Crippen LogP contribution in [0.4, 0.5) is 20.2 Å². The first-order valence-corrected chi connectivity index (χ1v) is 6.69. The van der Waals surface area contributed by atoms with E-state index in [1.54, 1.807) is 0 Å². The molecule has 7 heteroatoms. The van der Waals surface area contributed by atoms with Crippen molar-refractivity contribution >= 4 is 23.3 Å². The zero-order valence-corrected chi connectivity index (χ0v) is 12.2. The number of anilines is 2. The van der Waals surface area contributed by atoms with Crippen molar-refractivity contribution in [3.63, 3.8) is 0 Å². The molecule has 2 aromatic carbocycles. The summed E-state index contributed by atoms with van der Waals surface area (Å²) in [6.45, 7) is 1.35. The lowest BCUT2D eigenvalue weighted by molar-refractivity contribution is -0.123. The molecular formula is C16H14F2N2O3. The number of esters is 1. The molecule has 0 heterocycles. The maximum atomic E-state index is 13.0. The largest absolute Gasteiger partial charge is 0.449 e. The van der Waals surface area contributed by atoms with Crippen molar-refractivity contribution in [2.45, 2.75) is 13.0 Å². The van der Waals surface area contributed by atoms with E-state index in [9.17, 15) is 18.4 Å². The van der Waals surface area contributed by atoms with Crippen LogP contribution >= 0.6 is 0 Å². The van der Waals surface area contributed by atoms with Crippen LogP contribution in [-0.4, -0.2) is 18.0 Å². The van der Waals surface area contributed by atoms with Crippen LogP contribution in [0.5, 0.6) is 0 Å². The second-order valence-electron chi connectivity index (χ2n) is 4.78. The van der Waals surface area contributed by atoms with Crippen molar-refractivity contribution in [2.75, 3.05) is 11.1 Å². The van der Waals surface area contributed by atoms with Crippen molar-refractivity contribution in [1.82, 2.24) is 0 Å². The molecule has 0 aliphatic carbocycles. The number of benzene rings is 2. The second-order valence-corrected chi connectivity index (χ2v) is 4.78. The Hall–Kier alpha value is -2.96. The number of amides is 1. The number of nitrogen functional groups attached to an aromatic ring is 1. The highest BCUT2D eigenvalue weighted by molar-refractivity contribution is 5.99. The fourth-order valence-electron chi connectivity index (χ4n) is 1.81. The van der Waals surface area contributed by atoms with Gasteiger partial charge in [0.15, 0.2) is 6.10 Å². The van der Waals surface area contributed by atoms with E-state index < -0.39 is 29.6 Å². The van der Waals surface area contributed by atoms with Crippen LogP contribution in [0.15, 0.2) is 42.5 Å². The Labute approximate surface area is 131 Å². The molecule has 0 aliphatic heterocycles. The fraction of sp³-hybridized carbons (Fsp3) is 0.125. The van der Waals surface area contributed by atoms with Gasteiger partial charge in [-0.3, -0.25) is 4.79 Å². The van der Waals surface area contributed by atoms with Gasteiger partial charge in [0.2, 0.25) is 0 Å². The molecule has 2 aromatic rings. The van der Waals surface area contributed by atoms with Gasteiger partial charge in [-0.25, -0.2) is 13.6 Å². The predicted octanol–water partition coefficient (Wildman–Crippen LogP) is 2.73. The van der Waals surface area contributed by atoms with E-state index in [2.05, 4.69) is 5.32 Å². The van der Waals surface area contributed by atoms with Crippen LogP contribution in [0, 0.1) is 11.6 Å². The molecular weight excluding hydrogens is 306 g/mol. The monoisotopic (exact) mass is 320 g/mol. The lowest BCUT2D eigenvalue weighted by Crippen LogP contribution is -2.30. The third-order valence-corrected chi connectivity index (χ3v) is 2.98. The highest BCUT2D eigenvalue weighted by Crippen LogP contribution is 2.16. The number of hydrogen-bond acceptors (Lipinski definition) is 4. The van der Waals surface area contributed by atoms with Crippen molar-refractivity contribution in [2.24, 2.45) is 0 Å². The zero-order valence-electron chi connectivity index (χ0n) is 12.2. The van der Waals surface area contributed by atoms with E-state index in [0.29, 0.717) is 0 Å². The van der Waals surface area contributed by atoms with E-state index in [1.165, 1.54) is 31.2 Å². The summed E-state index contributed by atoms with van der Waals surface area (Å²) in [4.78, 5) is 23.9. The van der Waals surface area contributed by atoms with E-state index in [4.69, 9.17) is 10.5 Å².